The number of anilines is 1. The zero-order chi connectivity index (χ0) is 14.4. The number of benzene rings is 1. The van der Waals surface area contributed by atoms with Crippen LogP contribution in [0.3, 0.4) is 0 Å². The minimum absolute atomic E-state index is 0.0291. The zero-order valence-electron chi connectivity index (χ0n) is 11.6. The first-order chi connectivity index (χ1) is 8.95. The second kappa shape index (κ2) is 7.09. The first kappa shape index (κ1) is 15.4. The smallest absolute Gasteiger partial charge is 0.251 e. The second-order valence-corrected chi connectivity index (χ2v) is 4.72. The van der Waals surface area contributed by atoms with Crippen molar-refractivity contribution in [1.29, 1.82) is 0 Å². The van der Waals surface area contributed by atoms with Gasteiger partial charge in [0.15, 0.2) is 0 Å². The third-order valence-electron chi connectivity index (χ3n) is 2.88. The van der Waals surface area contributed by atoms with E-state index in [9.17, 15) is 9.18 Å². The topological polar surface area (TPSA) is 64.3 Å². The quantitative estimate of drug-likeness (QED) is 0.777. The van der Waals surface area contributed by atoms with Crippen LogP contribution in [-0.2, 0) is 4.74 Å². The Bertz CT molecular complexity index is 435. The molecule has 0 aromatic heterocycles. The number of rotatable bonds is 6. The minimum Gasteiger partial charge on any atom is -0.396 e. The molecule has 1 rings (SSSR count). The van der Waals surface area contributed by atoms with Gasteiger partial charge in [0.25, 0.3) is 5.91 Å². The van der Waals surface area contributed by atoms with Crippen LogP contribution in [0.25, 0.3) is 0 Å². The molecule has 106 valence electrons. The molecule has 0 spiro atoms. The molecule has 0 radical (unpaired) electrons. The third kappa shape index (κ3) is 4.52. The SMILES string of the molecule is CCOCC(NC(=O)c1ccc(F)c(N)c1)C(C)C. The molecule has 0 aliphatic rings. The van der Waals surface area contributed by atoms with Gasteiger partial charge in [-0.25, -0.2) is 4.39 Å². The lowest BCUT2D eigenvalue weighted by Crippen LogP contribution is -2.41. The number of nitrogens with one attached hydrogen (secondary N) is 1. The van der Waals surface area contributed by atoms with Crippen molar-refractivity contribution in [2.45, 2.75) is 26.8 Å². The van der Waals surface area contributed by atoms with Crippen LogP contribution >= 0.6 is 0 Å². The van der Waals surface area contributed by atoms with Crippen molar-refractivity contribution in [3.8, 4) is 0 Å². The largest absolute Gasteiger partial charge is 0.396 e. The van der Waals surface area contributed by atoms with Crippen LogP contribution in [0.4, 0.5) is 10.1 Å². The molecule has 1 amide bonds. The second-order valence-electron chi connectivity index (χ2n) is 4.72. The van der Waals surface area contributed by atoms with E-state index < -0.39 is 5.82 Å². The van der Waals surface area contributed by atoms with E-state index in [-0.39, 0.29) is 23.6 Å². The van der Waals surface area contributed by atoms with Crippen molar-refractivity contribution in [2.24, 2.45) is 5.92 Å². The molecule has 0 aliphatic carbocycles. The molecule has 0 aliphatic heterocycles. The van der Waals surface area contributed by atoms with Crippen LogP contribution in [0.1, 0.15) is 31.1 Å². The maximum atomic E-state index is 13.0. The van der Waals surface area contributed by atoms with E-state index in [1.807, 2.05) is 20.8 Å². The fourth-order valence-corrected chi connectivity index (χ4v) is 1.58. The van der Waals surface area contributed by atoms with Crippen LogP contribution < -0.4 is 11.1 Å². The third-order valence-corrected chi connectivity index (χ3v) is 2.88. The van der Waals surface area contributed by atoms with Crippen LogP contribution in [0.2, 0.25) is 0 Å². The summed E-state index contributed by atoms with van der Waals surface area (Å²) < 4.78 is 18.4. The minimum atomic E-state index is -0.522. The average Bonchev–Trinajstić information content (AvgIpc) is 2.37. The van der Waals surface area contributed by atoms with Gasteiger partial charge < -0.3 is 15.8 Å². The van der Waals surface area contributed by atoms with E-state index in [1.54, 1.807) is 0 Å². The highest BCUT2D eigenvalue weighted by Gasteiger charge is 2.17. The van der Waals surface area contributed by atoms with Crippen LogP contribution in [0.5, 0.6) is 0 Å². The Labute approximate surface area is 113 Å². The summed E-state index contributed by atoms with van der Waals surface area (Å²) in [7, 11) is 0. The van der Waals surface area contributed by atoms with Gasteiger partial charge in [-0.3, -0.25) is 4.79 Å². The summed E-state index contributed by atoms with van der Waals surface area (Å²) in [6.45, 7) is 6.96. The Hall–Kier alpha value is -1.62. The van der Waals surface area contributed by atoms with Gasteiger partial charge in [0.2, 0.25) is 0 Å². The molecule has 0 saturated heterocycles. The van der Waals surface area contributed by atoms with Crippen molar-refractivity contribution < 1.29 is 13.9 Å². The van der Waals surface area contributed by atoms with Gasteiger partial charge >= 0.3 is 0 Å². The molecule has 0 fully saturated rings. The number of nitrogens with two attached hydrogens (primary N) is 1. The summed E-state index contributed by atoms with van der Waals surface area (Å²) in [6, 6.07) is 3.86. The predicted molar refractivity (Wildman–Crippen MR) is 73.4 cm³/mol. The summed E-state index contributed by atoms with van der Waals surface area (Å²) in [5.41, 5.74) is 5.77. The Morgan fingerprint density at radius 1 is 1.47 bits per heavy atom. The van der Waals surface area contributed by atoms with Gasteiger partial charge in [-0.15, -0.1) is 0 Å². The number of carbonyl (C=O) groups excluding carboxylic acids is 1. The molecule has 3 N–H and O–H groups in total. The van der Waals surface area contributed by atoms with E-state index >= 15 is 0 Å². The van der Waals surface area contributed by atoms with Crippen molar-refractivity contribution in [3.63, 3.8) is 0 Å². The highest BCUT2D eigenvalue weighted by Crippen LogP contribution is 2.13. The summed E-state index contributed by atoms with van der Waals surface area (Å²) in [5.74, 6) is -0.551. The molecule has 0 saturated carbocycles. The Morgan fingerprint density at radius 3 is 2.68 bits per heavy atom. The van der Waals surface area contributed by atoms with Gasteiger partial charge in [-0.05, 0) is 31.0 Å². The Morgan fingerprint density at radius 2 is 2.16 bits per heavy atom. The Balaban J connectivity index is 2.73. The lowest BCUT2D eigenvalue weighted by molar-refractivity contribution is 0.0806. The average molecular weight is 268 g/mol. The van der Waals surface area contributed by atoms with Crippen LogP contribution in [0.15, 0.2) is 18.2 Å². The monoisotopic (exact) mass is 268 g/mol. The molecule has 1 atom stereocenters. The normalized spacial score (nSPS) is 12.5. The number of amides is 1. The lowest BCUT2D eigenvalue weighted by Gasteiger charge is -2.22. The van der Waals surface area contributed by atoms with Crippen LogP contribution in [-0.4, -0.2) is 25.2 Å². The summed E-state index contributed by atoms with van der Waals surface area (Å²) in [4.78, 5) is 12.0. The molecule has 4 nitrogen and oxygen atoms in total. The molecular formula is C14H21FN2O2. The maximum Gasteiger partial charge on any atom is 0.251 e. The fraction of sp³-hybridized carbons (Fsp3) is 0.500. The van der Waals surface area contributed by atoms with Crippen LogP contribution in [0, 0.1) is 11.7 Å². The Kier molecular flexibility index (Phi) is 5.76. The fourth-order valence-electron chi connectivity index (χ4n) is 1.58. The van der Waals surface area contributed by atoms with Crippen molar-refractivity contribution in [1.82, 2.24) is 5.32 Å². The van der Waals surface area contributed by atoms with E-state index in [4.69, 9.17) is 10.5 Å². The van der Waals surface area contributed by atoms with E-state index in [0.717, 1.165) is 0 Å². The summed E-state index contributed by atoms with van der Waals surface area (Å²) in [5, 5.41) is 2.87. The van der Waals surface area contributed by atoms with E-state index in [1.165, 1.54) is 18.2 Å². The van der Waals surface area contributed by atoms with E-state index in [2.05, 4.69) is 5.32 Å². The van der Waals surface area contributed by atoms with Crippen molar-refractivity contribution >= 4 is 11.6 Å². The molecule has 1 aromatic carbocycles. The molecule has 1 aromatic rings. The number of hydrogen-bond acceptors (Lipinski definition) is 3. The van der Waals surface area contributed by atoms with Crippen molar-refractivity contribution in [3.05, 3.63) is 29.6 Å². The standard InChI is InChI=1S/C14H21FN2O2/c1-4-19-8-13(9(2)3)17-14(18)10-5-6-11(15)12(16)7-10/h5-7,9,13H,4,8,16H2,1-3H3,(H,17,18). The molecule has 19 heavy (non-hydrogen) atoms. The number of ether oxygens (including phenoxy) is 1. The highest BCUT2D eigenvalue weighted by molar-refractivity contribution is 5.95. The number of carbonyl (C=O) groups is 1. The highest BCUT2D eigenvalue weighted by atomic mass is 19.1. The maximum absolute atomic E-state index is 13.0. The summed E-state index contributed by atoms with van der Waals surface area (Å²) >= 11 is 0. The van der Waals surface area contributed by atoms with Gasteiger partial charge in [-0.1, -0.05) is 13.8 Å². The number of nitrogen functional groups attached to an aromatic ring is 1. The van der Waals surface area contributed by atoms with E-state index in [0.29, 0.717) is 18.8 Å². The number of hydrogen-bond donors (Lipinski definition) is 2. The molecule has 0 bridgehead atoms. The summed E-state index contributed by atoms with van der Waals surface area (Å²) in [6.07, 6.45) is 0. The van der Waals surface area contributed by atoms with Gasteiger partial charge in [0.1, 0.15) is 5.82 Å². The molecular weight excluding hydrogens is 247 g/mol. The van der Waals surface area contributed by atoms with Crippen molar-refractivity contribution in [2.75, 3.05) is 18.9 Å². The van der Waals surface area contributed by atoms with Gasteiger partial charge in [0, 0.05) is 12.2 Å². The zero-order valence-corrected chi connectivity index (χ0v) is 11.6. The molecule has 0 heterocycles. The predicted octanol–water partition coefficient (Wildman–Crippen LogP) is 2.20. The first-order valence-electron chi connectivity index (χ1n) is 6.39. The van der Waals surface area contributed by atoms with Gasteiger partial charge in [0.05, 0.1) is 18.3 Å². The molecule has 1 unspecified atom stereocenters. The van der Waals surface area contributed by atoms with Gasteiger partial charge in [-0.2, -0.15) is 0 Å². The molecule has 5 heteroatoms. The lowest BCUT2D eigenvalue weighted by atomic mass is 10.0. The number of halogens is 1. The first-order valence-corrected chi connectivity index (χ1v) is 6.39.